The van der Waals surface area contributed by atoms with E-state index in [4.69, 9.17) is 10.5 Å². The number of nitrogens with one attached hydrogen (secondary N) is 1. The fourth-order valence-electron chi connectivity index (χ4n) is 2.34. The van der Waals surface area contributed by atoms with E-state index in [1.165, 1.54) is 0 Å². The van der Waals surface area contributed by atoms with Gasteiger partial charge in [0.1, 0.15) is 6.04 Å². The highest BCUT2D eigenvalue weighted by Gasteiger charge is 2.30. The number of aryl methyl sites for hydroxylation is 1. The maximum absolute atomic E-state index is 12.1. The molecule has 19 heavy (non-hydrogen) atoms. The van der Waals surface area contributed by atoms with Crippen LogP contribution in [0.1, 0.15) is 12.5 Å². The lowest BCUT2D eigenvalue weighted by atomic mass is 10.1. The number of anilines is 2. The molecule has 1 aliphatic rings. The van der Waals surface area contributed by atoms with E-state index in [1.54, 1.807) is 0 Å². The Kier molecular flexibility index (Phi) is 4.27. The molecule has 2 rings (SSSR count). The van der Waals surface area contributed by atoms with Crippen molar-refractivity contribution in [2.75, 3.05) is 36.9 Å². The first kappa shape index (κ1) is 13.7. The summed E-state index contributed by atoms with van der Waals surface area (Å²) in [5.41, 5.74) is 8.70. The van der Waals surface area contributed by atoms with Crippen molar-refractivity contribution < 1.29 is 9.53 Å². The van der Waals surface area contributed by atoms with Gasteiger partial charge < -0.3 is 20.7 Å². The standard InChI is InChI=1S/C14H21N3O2/c1-3-16-14(18)13-9-19-7-6-17(13)12-8-11(15)5-4-10(12)2/h4-5,8,13H,3,6-7,9,15H2,1-2H3,(H,16,18). The summed E-state index contributed by atoms with van der Waals surface area (Å²) in [6.45, 7) is 6.31. The van der Waals surface area contributed by atoms with Crippen molar-refractivity contribution >= 4 is 17.3 Å². The van der Waals surface area contributed by atoms with E-state index in [0.29, 0.717) is 32.0 Å². The van der Waals surface area contributed by atoms with Gasteiger partial charge in [0.2, 0.25) is 5.91 Å². The Morgan fingerprint density at radius 3 is 3.11 bits per heavy atom. The van der Waals surface area contributed by atoms with Gasteiger partial charge in [0.25, 0.3) is 0 Å². The fraction of sp³-hybridized carbons (Fsp3) is 0.500. The van der Waals surface area contributed by atoms with E-state index in [2.05, 4.69) is 10.2 Å². The summed E-state index contributed by atoms with van der Waals surface area (Å²) in [4.78, 5) is 14.2. The number of likely N-dealkylation sites (N-methyl/N-ethyl adjacent to an activating group) is 1. The van der Waals surface area contributed by atoms with Crippen molar-refractivity contribution in [1.29, 1.82) is 0 Å². The van der Waals surface area contributed by atoms with Crippen LogP contribution in [-0.4, -0.2) is 38.3 Å². The molecule has 0 bridgehead atoms. The highest BCUT2D eigenvalue weighted by atomic mass is 16.5. The number of morpholine rings is 1. The number of hydrogen-bond donors (Lipinski definition) is 2. The molecule has 0 aliphatic carbocycles. The molecule has 1 atom stereocenters. The Bertz CT molecular complexity index is 462. The lowest BCUT2D eigenvalue weighted by Gasteiger charge is -2.37. The number of amides is 1. The molecule has 0 radical (unpaired) electrons. The average molecular weight is 263 g/mol. The molecule has 1 heterocycles. The minimum Gasteiger partial charge on any atom is -0.399 e. The lowest BCUT2D eigenvalue weighted by Crippen LogP contribution is -2.54. The molecule has 3 N–H and O–H groups in total. The summed E-state index contributed by atoms with van der Waals surface area (Å²) in [6, 6.07) is 5.50. The molecule has 104 valence electrons. The van der Waals surface area contributed by atoms with Crippen LogP contribution in [0, 0.1) is 6.92 Å². The second-order valence-electron chi connectivity index (χ2n) is 4.72. The predicted octanol–water partition coefficient (Wildman–Crippen LogP) is 0.919. The van der Waals surface area contributed by atoms with E-state index >= 15 is 0 Å². The summed E-state index contributed by atoms with van der Waals surface area (Å²) in [5.74, 6) is 0.00373. The summed E-state index contributed by atoms with van der Waals surface area (Å²) < 4.78 is 5.44. The van der Waals surface area contributed by atoms with E-state index < -0.39 is 0 Å². The van der Waals surface area contributed by atoms with E-state index in [-0.39, 0.29) is 11.9 Å². The molecule has 1 fully saturated rings. The zero-order valence-electron chi connectivity index (χ0n) is 11.5. The maximum Gasteiger partial charge on any atom is 0.245 e. The van der Waals surface area contributed by atoms with Gasteiger partial charge in [0.05, 0.1) is 13.2 Å². The largest absolute Gasteiger partial charge is 0.399 e. The first-order valence-corrected chi connectivity index (χ1v) is 6.61. The molecule has 1 unspecified atom stereocenters. The lowest BCUT2D eigenvalue weighted by molar-refractivity contribution is -0.124. The molecule has 5 heteroatoms. The Morgan fingerprint density at radius 2 is 2.37 bits per heavy atom. The first-order chi connectivity index (χ1) is 9.13. The average Bonchev–Trinajstić information content (AvgIpc) is 2.42. The minimum atomic E-state index is -0.283. The SMILES string of the molecule is CCNC(=O)C1COCCN1c1cc(N)ccc1C. The third-order valence-electron chi connectivity index (χ3n) is 3.32. The van der Waals surface area contributed by atoms with Gasteiger partial charge in [-0.25, -0.2) is 0 Å². The molecular formula is C14H21N3O2. The number of carbonyl (C=O) groups excluding carboxylic acids is 1. The van der Waals surface area contributed by atoms with Crippen LogP contribution in [0.2, 0.25) is 0 Å². The molecule has 0 spiro atoms. The number of ether oxygens (including phenoxy) is 1. The van der Waals surface area contributed by atoms with Gasteiger partial charge in [-0.3, -0.25) is 4.79 Å². The van der Waals surface area contributed by atoms with Crippen LogP contribution in [0.5, 0.6) is 0 Å². The number of nitrogens with zero attached hydrogens (tertiary/aromatic N) is 1. The predicted molar refractivity (Wildman–Crippen MR) is 76.2 cm³/mol. The van der Waals surface area contributed by atoms with E-state index in [1.807, 2.05) is 32.0 Å². The summed E-state index contributed by atoms with van der Waals surface area (Å²) in [6.07, 6.45) is 0. The topological polar surface area (TPSA) is 67.6 Å². The molecule has 1 amide bonds. The third-order valence-corrected chi connectivity index (χ3v) is 3.32. The highest BCUT2D eigenvalue weighted by molar-refractivity contribution is 5.86. The summed E-state index contributed by atoms with van der Waals surface area (Å²) in [5, 5.41) is 2.86. The van der Waals surface area contributed by atoms with Crippen molar-refractivity contribution in [2.24, 2.45) is 0 Å². The third kappa shape index (κ3) is 2.98. The van der Waals surface area contributed by atoms with Gasteiger partial charge in [0, 0.05) is 24.5 Å². The van der Waals surface area contributed by atoms with Crippen LogP contribution in [0.15, 0.2) is 18.2 Å². The monoisotopic (exact) mass is 263 g/mol. The van der Waals surface area contributed by atoms with E-state index in [9.17, 15) is 4.79 Å². The smallest absolute Gasteiger partial charge is 0.245 e. The number of nitrogen functional groups attached to an aromatic ring is 1. The number of rotatable bonds is 3. The van der Waals surface area contributed by atoms with Crippen molar-refractivity contribution in [3.05, 3.63) is 23.8 Å². The van der Waals surface area contributed by atoms with E-state index in [0.717, 1.165) is 11.3 Å². The zero-order chi connectivity index (χ0) is 13.8. The molecule has 1 aromatic rings. The fourth-order valence-corrected chi connectivity index (χ4v) is 2.34. The van der Waals surface area contributed by atoms with Gasteiger partial charge >= 0.3 is 0 Å². The van der Waals surface area contributed by atoms with Crippen molar-refractivity contribution in [1.82, 2.24) is 5.32 Å². The Labute approximate surface area is 113 Å². The molecule has 1 aliphatic heterocycles. The number of benzene rings is 1. The molecule has 1 aromatic carbocycles. The van der Waals surface area contributed by atoms with Gasteiger partial charge in [-0.05, 0) is 31.5 Å². The summed E-state index contributed by atoms with van der Waals surface area (Å²) in [7, 11) is 0. The molecule has 0 saturated carbocycles. The quantitative estimate of drug-likeness (QED) is 0.796. The van der Waals surface area contributed by atoms with Crippen LogP contribution in [-0.2, 0) is 9.53 Å². The van der Waals surface area contributed by atoms with Gasteiger partial charge in [-0.1, -0.05) is 6.07 Å². The molecule has 1 saturated heterocycles. The van der Waals surface area contributed by atoms with Crippen molar-refractivity contribution in [3.8, 4) is 0 Å². The van der Waals surface area contributed by atoms with Crippen LogP contribution in [0.25, 0.3) is 0 Å². The van der Waals surface area contributed by atoms with Crippen molar-refractivity contribution in [2.45, 2.75) is 19.9 Å². The minimum absolute atomic E-state index is 0.00373. The van der Waals surface area contributed by atoms with Crippen LogP contribution >= 0.6 is 0 Å². The maximum atomic E-state index is 12.1. The first-order valence-electron chi connectivity index (χ1n) is 6.61. The van der Waals surface area contributed by atoms with Gasteiger partial charge in [0.15, 0.2) is 0 Å². The summed E-state index contributed by atoms with van der Waals surface area (Å²) >= 11 is 0. The number of hydrogen-bond acceptors (Lipinski definition) is 4. The van der Waals surface area contributed by atoms with Gasteiger partial charge in [-0.2, -0.15) is 0 Å². The molecule has 5 nitrogen and oxygen atoms in total. The normalized spacial score (nSPS) is 19.3. The van der Waals surface area contributed by atoms with Crippen LogP contribution in [0.4, 0.5) is 11.4 Å². The molecular weight excluding hydrogens is 242 g/mol. The second-order valence-corrected chi connectivity index (χ2v) is 4.72. The number of nitrogens with two attached hydrogens (primary N) is 1. The number of carbonyl (C=O) groups is 1. The highest BCUT2D eigenvalue weighted by Crippen LogP contribution is 2.26. The Balaban J connectivity index is 2.28. The van der Waals surface area contributed by atoms with Crippen molar-refractivity contribution in [3.63, 3.8) is 0 Å². The molecule has 0 aromatic heterocycles. The second kappa shape index (κ2) is 5.93. The zero-order valence-corrected chi connectivity index (χ0v) is 11.5. The Hall–Kier alpha value is -1.75. The van der Waals surface area contributed by atoms with Crippen LogP contribution < -0.4 is 16.0 Å². The Morgan fingerprint density at radius 1 is 1.58 bits per heavy atom. The van der Waals surface area contributed by atoms with Crippen LogP contribution in [0.3, 0.4) is 0 Å². The van der Waals surface area contributed by atoms with Gasteiger partial charge in [-0.15, -0.1) is 0 Å².